The number of anilines is 1. The highest BCUT2D eigenvalue weighted by molar-refractivity contribution is 7.99. The number of aromatic nitrogens is 3. The minimum absolute atomic E-state index is 0.0954. The zero-order chi connectivity index (χ0) is 25.7. The topological polar surface area (TPSA) is 95.3 Å². The number of amides is 1. The van der Waals surface area contributed by atoms with Gasteiger partial charge >= 0.3 is 5.97 Å². The van der Waals surface area contributed by atoms with Crippen molar-refractivity contribution in [1.29, 1.82) is 0 Å². The van der Waals surface area contributed by atoms with E-state index in [2.05, 4.69) is 15.5 Å². The molecule has 186 valence electrons. The van der Waals surface area contributed by atoms with Gasteiger partial charge in [0, 0.05) is 18.0 Å². The Morgan fingerprint density at radius 2 is 1.83 bits per heavy atom. The molecule has 4 aromatic rings. The second-order valence-electron chi connectivity index (χ2n) is 7.97. The van der Waals surface area contributed by atoms with Crippen molar-refractivity contribution in [1.82, 2.24) is 14.8 Å². The predicted molar refractivity (Wildman–Crippen MR) is 142 cm³/mol. The first kappa shape index (κ1) is 25.5. The van der Waals surface area contributed by atoms with Crippen LogP contribution in [0.2, 0.25) is 0 Å². The van der Waals surface area contributed by atoms with Gasteiger partial charge in [0.2, 0.25) is 5.91 Å². The molecule has 0 saturated carbocycles. The summed E-state index contributed by atoms with van der Waals surface area (Å²) in [6.45, 7) is 3.90. The lowest BCUT2D eigenvalue weighted by atomic mass is 10.0. The number of hydrogen-bond donors (Lipinski definition) is 1. The van der Waals surface area contributed by atoms with E-state index >= 15 is 0 Å². The number of thiophene rings is 1. The predicted octanol–water partition coefficient (Wildman–Crippen LogP) is 5.51. The summed E-state index contributed by atoms with van der Waals surface area (Å²) < 4.78 is 12.9. The van der Waals surface area contributed by atoms with E-state index < -0.39 is 5.97 Å². The van der Waals surface area contributed by atoms with Crippen LogP contribution in [0.5, 0.6) is 5.75 Å². The number of rotatable bonds is 9. The lowest BCUT2D eigenvalue weighted by molar-refractivity contribution is -0.113. The number of carbonyl (C=O) groups excluding carboxylic acids is 2. The second kappa shape index (κ2) is 11.4. The summed E-state index contributed by atoms with van der Waals surface area (Å²) in [6, 6.07) is 17.3. The van der Waals surface area contributed by atoms with Gasteiger partial charge in [0.1, 0.15) is 16.3 Å². The molecule has 0 aliphatic rings. The molecular weight excluding hydrogens is 496 g/mol. The molecule has 2 aromatic heterocycles. The number of aryl methyl sites for hydroxylation is 1. The molecule has 4 rings (SSSR count). The van der Waals surface area contributed by atoms with Crippen LogP contribution in [0.1, 0.15) is 34.8 Å². The minimum Gasteiger partial charge on any atom is -0.482 e. The van der Waals surface area contributed by atoms with Crippen LogP contribution < -0.4 is 10.1 Å². The lowest BCUT2D eigenvalue weighted by Gasteiger charge is -2.15. The van der Waals surface area contributed by atoms with Crippen LogP contribution in [0.4, 0.5) is 5.00 Å². The van der Waals surface area contributed by atoms with Crippen molar-refractivity contribution in [3.8, 4) is 16.9 Å². The summed E-state index contributed by atoms with van der Waals surface area (Å²) in [5.74, 6) is 0.769. The monoisotopic (exact) mass is 522 g/mol. The Balaban J connectivity index is 1.42. The summed E-state index contributed by atoms with van der Waals surface area (Å²) in [5, 5.41) is 14.2. The van der Waals surface area contributed by atoms with E-state index in [-0.39, 0.29) is 17.8 Å². The Morgan fingerprint density at radius 1 is 1.11 bits per heavy atom. The van der Waals surface area contributed by atoms with Gasteiger partial charge < -0.3 is 19.4 Å². The largest absolute Gasteiger partial charge is 0.482 e. The fourth-order valence-electron chi connectivity index (χ4n) is 3.62. The fourth-order valence-corrected chi connectivity index (χ4v) is 5.31. The van der Waals surface area contributed by atoms with E-state index in [0.29, 0.717) is 21.5 Å². The van der Waals surface area contributed by atoms with Crippen molar-refractivity contribution in [3.05, 3.63) is 76.9 Å². The number of hydrogen-bond acceptors (Lipinski definition) is 8. The van der Waals surface area contributed by atoms with Gasteiger partial charge in [-0.1, -0.05) is 60.3 Å². The van der Waals surface area contributed by atoms with Crippen molar-refractivity contribution in [2.75, 3.05) is 18.2 Å². The molecule has 0 spiro atoms. The fraction of sp³-hybridized carbons (Fsp3) is 0.231. The number of esters is 1. The van der Waals surface area contributed by atoms with Crippen molar-refractivity contribution >= 4 is 40.0 Å². The van der Waals surface area contributed by atoms with Crippen molar-refractivity contribution in [3.63, 3.8) is 0 Å². The Morgan fingerprint density at radius 3 is 2.56 bits per heavy atom. The number of ether oxygens (including phenoxy) is 2. The minimum atomic E-state index is -0.501. The number of nitrogens with zero attached hydrogens (tertiary/aromatic N) is 3. The maximum atomic E-state index is 12.8. The lowest BCUT2D eigenvalue weighted by Crippen LogP contribution is -2.16. The number of thioether (sulfide) groups is 1. The zero-order valence-electron chi connectivity index (χ0n) is 20.3. The SMILES string of the molecule is COC(=O)c1c(-c2ccccc2)csc1NC(=O)CSc1nnc(C(C)Oc2ccccc2C)n1C. The second-order valence-corrected chi connectivity index (χ2v) is 9.80. The van der Waals surface area contributed by atoms with Crippen molar-refractivity contribution in [2.24, 2.45) is 7.05 Å². The summed E-state index contributed by atoms with van der Waals surface area (Å²) in [6.07, 6.45) is -0.322. The van der Waals surface area contributed by atoms with Crippen LogP contribution in [0.3, 0.4) is 0 Å². The Hall–Kier alpha value is -3.63. The zero-order valence-corrected chi connectivity index (χ0v) is 22.0. The number of carbonyl (C=O) groups is 2. The Labute approximate surface area is 217 Å². The molecule has 1 unspecified atom stereocenters. The van der Waals surface area contributed by atoms with Gasteiger partial charge in [-0.15, -0.1) is 21.5 Å². The van der Waals surface area contributed by atoms with Gasteiger partial charge in [-0.05, 0) is 31.0 Å². The van der Waals surface area contributed by atoms with Gasteiger partial charge in [0.05, 0.1) is 12.9 Å². The molecule has 1 N–H and O–H groups in total. The van der Waals surface area contributed by atoms with Crippen LogP contribution in [0.25, 0.3) is 11.1 Å². The molecule has 0 aliphatic heterocycles. The molecule has 1 atom stereocenters. The molecule has 0 saturated heterocycles. The Bertz CT molecular complexity index is 1370. The van der Waals surface area contributed by atoms with Crippen LogP contribution in [0.15, 0.2) is 65.1 Å². The third-order valence-electron chi connectivity index (χ3n) is 5.48. The summed E-state index contributed by atoms with van der Waals surface area (Å²) in [5.41, 5.74) is 2.97. The molecule has 2 heterocycles. The number of benzene rings is 2. The van der Waals surface area contributed by atoms with Crippen LogP contribution in [-0.2, 0) is 16.6 Å². The van der Waals surface area contributed by atoms with Gasteiger partial charge in [-0.3, -0.25) is 4.79 Å². The van der Waals surface area contributed by atoms with E-state index in [9.17, 15) is 9.59 Å². The molecule has 1 amide bonds. The molecular formula is C26H26N4O4S2. The smallest absolute Gasteiger partial charge is 0.341 e. The average Bonchev–Trinajstić information content (AvgIpc) is 3.47. The molecule has 0 bridgehead atoms. The first-order valence-corrected chi connectivity index (χ1v) is 13.0. The average molecular weight is 523 g/mol. The van der Waals surface area contributed by atoms with E-state index in [1.165, 1.54) is 30.2 Å². The number of nitrogens with one attached hydrogen (secondary N) is 1. The summed E-state index contributed by atoms with van der Waals surface area (Å²) >= 11 is 2.54. The Kier molecular flexibility index (Phi) is 8.07. The van der Waals surface area contributed by atoms with E-state index in [0.717, 1.165) is 22.4 Å². The van der Waals surface area contributed by atoms with E-state index in [1.54, 1.807) is 0 Å². The van der Waals surface area contributed by atoms with Gasteiger partial charge in [-0.25, -0.2) is 4.79 Å². The third kappa shape index (κ3) is 5.60. The molecule has 10 heteroatoms. The first-order chi connectivity index (χ1) is 17.4. The molecule has 2 aromatic carbocycles. The van der Waals surface area contributed by atoms with E-state index in [1.807, 2.05) is 85.4 Å². The molecule has 0 fully saturated rings. The number of para-hydroxylation sites is 1. The molecule has 8 nitrogen and oxygen atoms in total. The third-order valence-corrected chi connectivity index (χ3v) is 7.40. The van der Waals surface area contributed by atoms with Gasteiger partial charge in [0.25, 0.3) is 0 Å². The molecule has 36 heavy (non-hydrogen) atoms. The van der Waals surface area contributed by atoms with Gasteiger partial charge in [0.15, 0.2) is 17.1 Å². The van der Waals surface area contributed by atoms with Crippen molar-refractivity contribution < 1.29 is 19.1 Å². The molecule has 0 aliphatic carbocycles. The molecule has 0 radical (unpaired) electrons. The highest BCUT2D eigenvalue weighted by Crippen LogP contribution is 2.36. The van der Waals surface area contributed by atoms with E-state index in [4.69, 9.17) is 9.47 Å². The summed E-state index contributed by atoms with van der Waals surface area (Å²) in [7, 11) is 3.17. The van der Waals surface area contributed by atoms with Gasteiger partial charge in [-0.2, -0.15) is 0 Å². The van der Waals surface area contributed by atoms with Crippen LogP contribution >= 0.6 is 23.1 Å². The van der Waals surface area contributed by atoms with Crippen LogP contribution in [0, 0.1) is 6.92 Å². The standard InChI is InChI=1S/C26H26N4O4S2/c1-16-10-8-9-13-20(16)34-17(2)23-28-29-26(30(23)3)36-15-21(31)27-24-22(25(32)33-4)19(14-35-24)18-11-6-5-7-12-18/h5-14,17H,15H2,1-4H3,(H,27,31). The summed E-state index contributed by atoms with van der Waals surface area (Å²) in [4.78, 5) is 25.3. The van der Waals surface area contributed by atoms with Crippen molar-refractivity contribution in [2.45, 2.75) is 25.1 Å². The normalized spacial score (nSPS) is 11.7. The van der Waals surface area contributed by atoms with Crippen LogP contribution in [-0.4, -0.2) is 39.5 Å². The maximum absolute atomic E-state index is 12.8. The highest BCUT2D eigenvalue weighted by Gasteiger charge is 2.23. The number of methoxy groups -OCH3 is 1. The maximum Gasteiger partial charge on any atom is 0.341 e. The first-order valence-electron chi connectivity index (χ1n) is 11.2. The highest BCUT2D eigenvalue weighted by atomic mass is 32.2. The quantitative estimate of drug-likeness (QED) is 0.229.